The lowest BCUT2D eigenvalue weighted by Crippen LogP contribution is -2.15. The van der Waals surface area contributed by atoms with E-state index in [1.807, 2.05) is 42.3 Å². The van der Waals surface area contributed by atoms with Crippen molar-refractivity contribution in [1.82, 2.24) is 15.2 Å². The molecule has 0 unspecified atom stereocenters. The van der Waals surface area contributed by atoms with E-state index in [0.29, 0.717) is 18.3 Å². The first-order valence-electron chi connectivity index (χ1n) is 7.50. The van der Waals surface area contributed by atoms with Crippen LogP contribution in [0.2, 0.25) is 0 Å². The van der Waals surface area contributed by atoms with Gasteiger partial charge in [-0.3, -0.25) is 0 Å². The molecule has 5 heteroatoms. The van der Waals surface area contributed by atoms with Gasteiger partial charge in [-0.2, -0.15) is 10.1 Å². The summed E-state index contributed by atoms with van der Waals surface area (Å²) in [5.41, 5.74) is 3.47. The molecular formula is C18H19N5. The maximum absolute atomic E-state index is 4.53. The van der Waals surface area contributed by atoms with Gasteiger partial charge >= 0.3 is 0 Å². The van der Waals surface area contributed by atoms with Crippen molar-refractivity contribution in [2.75, 3.05) is 17.3 Å². The smallest absolute Gasteiger partial charge is 0.251 e. The van der Waals surface area contributed by atoms with Gasteiger partial charge in [0.15, 0.2) is 5.82 Å². The van der Waals surface area contributed by atoms with Crippen LogP contribution in [0.25, 0.3) is 0 Å². The number of aryl methyl sites for hydroxylation is 1. The molecule has 23 heavy (non-hydrogen) atoms. The summed E-state index contributed by atoms with van der Waals surface area (Å²) in [7, 11) is 1.93. The number of hydrogen-bond donors (Lipinski definition) is 1. The van der Waals surface area contributed by atoms with E-state index in [1.165, 1.54) is 11.1 Å². The van der Waals surface area contributed by atoms with E-state index in [-0.39, 0.29) is 0 Å². The Morgan fingerprint density at radius 3 is 2.65 bits per heavy atom. The number of benzene rings is 2. The van der Waals surface area contributed by atoms with E-state index < -0.39 is 0 Å². The predicted octanol–water partition coefficient (Wildman–Crippen LogP) is 3.56. The largest absolute Gasteiger partial charge is 0.365 e. The van der Waals surface area contributed by atoms with Crippen molar-refractivity contribution >= 4 is 17.5 Å². The molecule has 5 nitrogen and oxygen atoms in total. The Morgan fingerprint density at radius 1 is 1.04 bits per heavy atom. The van der Waals surface area contributed by atoms with Crippen LogP contribution in [0, 0.1) is 6.92 Å². The lowest BCUT2D eigenvalue weighted by Gasteiger charge is -2.17. The highest BCUT2D eigenvalue weighted by molar-refractivity contribution is 5.56. The number of nitrogens with one attached hydrogen (secondary N) is 1. The first kappa shape index (κ1) is 15.0. The molecular weight excluding hydrogens is 286 g/mol. The summed E-state index contributed by atoms with van der Waals surface area (Å²) in [6.07, 6.45) is 1.64. The average Bonchev–Trinajstić information content (AvgIpc) is 2.60. The third-order valence-electron chi connectivity index (χ3n) is 3.55. The van der Waals surface area contributed by atoms with Gasteiger partial charge in [0.05, 0.1) is 6.20 Å². The molecule has 0 spiro atoms. The zero-order valence-electron chi connectivity index (χ0n) is 13.3. The number of anilines is 3. The fourth-order valence-corrected chi connectivity index (χ4v) is 2.30. The van der Waals surface area contributed by atoms with Crippen LogP contribution in [0.5, 0.6) is 0 Å². The maximum atomic E-state index is 4.53. The third kappa shape index (κ3) is 3.83. The fourth-order valence-electron chi connectivity index (χ4n) is 2.30. The molecule has 0 aliphatic carbocycles. The third-order valence-corrected chi connectivity index (χ3v) is 3.55. The highest BCUT2D eigenvalue weighted by Gasteiger charge is 2.08. The number of para-hydroxylation sites is 1. The monoisotopic (exact) mass is 305 g/mol. The summed E-state index contributed by atoms with van der Waals surface area (Å²) >= 11 is 0. The van der Waals surface area contributed by atoms with E-state index in [4.69, 9.17) is 0 Å². The van der Waals surface area contributed by atoms with Gasteiger partial charge < -0.3 is 10.2 Å². The number of nitrogens with zero attached hydrogens (tertiary/aromatic N) is 4. The van der Waals surface area contributed by atoms with Crippen LogP contribution in [-0.4, -0.2) is 22.2 Å². The number of rotatable bonds is 5. The Balaban J connectivity index is 1.72. The van der Waals surface area contributed by atoms with Crippen LogP contribution in [0.15, 0.2) is 60.8 Å². The van der Waals surface area contributed by atoms with Crippen molar-refractivity contribution < 1.29 is 0 Å². The first-order chi connectivity index (χ1) is 11.2. The van der Waals surface area contributed by atoms with E-state index in [1.54, 1.807) is 6.20 Å². The fraction of sp³-hybridized carbons (Fsp3) is 0.167. The van der Waals surface area contributed by atoms with Gasteiger partial charge in [-0.05, 0) is 24.6 Å². The molecule has 0 radical (unpaired) electrons. The summed E-state index contributed by atoms with van der Waals surface area (Å²) in [6.45, 7) is 2.79. The van der Waals surface area contributed by atoms with Crippen molar-refractivity contribution in [2.45, 2.75) is 13.5 Å². The van der Waals surface area contributed by atoms with Crippen molar-refractivity contribution in [3.63, 3.8) is 0 Å². The average molecular weight is 305 g/mol. The van der Waals surface area contributed by atoms with Gasteiger partial charge in [0.1, 0.15) is 0 Å². The summed E-state index contributed by atoms with van der Waals surface area (Å²) in [5, 5.41) is 11.4. The van der Waals surface area contributed by atoms with Crippen LogP contribution < -0.4 is 10.2 Å². The lowest BCUT2D eigenvalue weighted by atomic mass is 10.1. The zero-order chi connectivity index (χ0) is 16.1. The Labute approximate surface area is 136 Å². The second kappa shape index (κ2) is 6.87. The van der Waals surface area contributed by atoms with Crippen LogP contribution in [0.4, 0.5) is 17.5 Å². The molecule has 0 aliphatic heterocycles. The molecule has 3 rings (SSSR count). The van der Waals surface area contributed by atoms with Gasteiger partial charge in [-0.15, -0.1) is 5.10 Å². The van der Waals surface area contributed by atoms with Crippen LogP contribution >= 0.6 is 0 Å². The quantitative estimate of drug-likeness (QED) is 0.781. The standard InChI is InChI=1S/C18H19N5/c1-14-7-6-8-15(11-14)12-19-17-13-20-22-18(21-17)23(2)16-9-4-3-5-10-16/h3-11,13H,12H2,1-2H3,(H,19,21,22). The summed E-state index contributed by atoms with van der Waals surface area (Å²) in [4.78, 5) is 6.44. The normalized spacial score (nSPS) is 10.3. The molecule has 1 heterocycles. The zero-order valence-corrected chi connectivity index (χ0v) is 13.3. The second-order valence-electron chi connectivity index (χ2n) is 5.38. The van der Waals surface area contributed by atoms with E-state index in [0.717, 1.165) is 5.69 Å². The lowest BCUT2D eigenvalue weighted by molar-refractivity contribution is 0.921. The van der Waals surface area contributed by atoms with Crippen molar-refractivity contribution in [1.29, 1.82) is 0 Å². The van der Waals surface area contributed by atoms with Gasteiger partial charge in [-0.1, -0.05) is 48.0 Å². The van der Waals surface area contributed by atoms with Crippen LogP contribution in [-0.2, 0) is 6.54 Å². The molecule has 0 amide bonds. The Kier molecular flexibility index (Phi) is 4.47. The van der Waals surface area contributed by atoms with Crippen molar-refractivity contribution in [3.8, 4) is 0 Å². The molecule has 0 fully saturated rings. The Hall–Kier alpha value is -2.95. The predicted molar refractivity (Wildman–Crippen MR) is 92.8 cm³/mol. The van der Waals surface area contributed by atoms with Gasteiger partial charge in [0.2, 0.25) is 0 Å². The highest BCUT2D eigenvalue weighted by Crippen LogP contribution is 2.19. The molecule has 3 aromatic rings. The SMILES string of the molecule is Cc1cccc(CNc2cnnc(N(C)c3ccccc3)n2)c1. The van der Waals surface area contributed by atoms with Crippen LogP contribution in [0.1, 0.15) is 11.1 Å². The number of hydrogen-bond acceptors (Lipinski definition) is 5. The van der Waals surface area contributed by atoms with Crippen LogP contribution in [0.3, 0.4) is 0 Å². The number of aromatic nitrogens is 3. The molecule has 0 aliphatic rings. The molecule has 1 N–H and O–H groups in total. The van der Waals surface area contributed by atoms with Crippen molar-refractivity contribution in [3.05, 3.63) is 71.9 Å². The molecule has 116 valence electrons. The minimum Gasteiger partial charge on any atom is -0.365 e. The molecule has 2 aromatic carbocycles. The maximum Gasteiger partial charge on any atom is 0.251 e. The molecule has 0 atom stereocenters. The van der Waals surface area contributed by atoms with Gasteiger partial charge in [-0.25, -0.2) is 0 Å². The molecule has 0 saturated carbocycles. The summed E-state index contributed by atoms with van der Waals surface area (Å²) in [5.74, 6) is 1.27. The Bertz CT molecular complexity index is 773. The first-order valence-corrected chi connectivity index (χ1v) is 7.50. The van der Waals surface area contributed by atoms with E-state index in [9.17, 15) is 0 Å². The summed E-state index contributed by atoms with van der Waals surface area (Å²) in [6, 6.07) is 18.4. The topological polar surface area (TPSA) is 53.9 Å². The molecule has 1 aromatic heterocycles. The summed E-state index contributed by atoms with van der Waals surface area (Å²) < 4.78 is 0. The highest BCUT2D eigenvalue weighted by atomic mass is 15.3. The van der Waals surface area contributed by atoms with E-state index >= 15 is 0 Å². The Morgan fingerprint density at radius 2 is 1.87 bits per heavy atom. The van der Waals surface area contributed by atoms with Crippen molar-refractivity contribution in [2.24, 2.45) is 0 Å². The molecule has 0 saturated heterocycles. The van der Waals surface area contributed by atoms with Gasteiger partial charge in [0.25, 0.3) is 5.95 Å². The van der Waals surface area contributed by atoms with E-state index in [2.05, 4.69) is 51.7 Å². The minimum absolute atomic E-state index is 0.561. The molecule has 0 bridgehead atoms. The minimum atomic E-state index is 0.561. The second-order valence-corrected chi connectivity index (χ2v) is 5.38. The van der Waals surface area contributed by atoms with Gasteiger partial charge in [0, 0.05) is 19.3 Å².